The highest BCUT2D eigenvalue weighted by atomic mass is 35.5. The highest BCUT2D eigenvalue weighted by Crippen LogP contribution is 2.35. The number of halogens is 1. The van der Waals surface area contributed by atoms with E-state index in [1.54, 1.807) is 27.7 Å². The number of ether oxygens (including phenoxy) is 1. The van der Waals surface area contributed by atoms with Gasteiger partial charge in [-0.15, -0.1) is 0 Å². The van der Waals surface area contributed by atoms with Crippen LogP contribution in [0.2, 0.25) is 5.02 Å². The standard InChI is InChI=1S/C19H26ClN3O4S/c1-12-11-22(18(24)27-19(2,3)4)9-8-15(12)23-16-7-6-13(20)10-14(16)21-17(23)28(5,25)26/h6-7,10,12,15H,8-9,11H2,1-5H3/t12-,15-/m1/s1. The molecule has 1 aliphatic heterocycles. The molecule has 0 spiro atoms. The van der Waals surface area contributed by atoms with Crippen molar-refractivity contribution in [2.24, 2.45) is 5.92 Å². The fraction of sp³-hybridized carbons (Fsp3) is 0.579. The monoisotopic (exact) mass is 427 g/mol. The molecule has 7 nitrogen and oxygen atoms in total. The summed E-state index contributed by atoms with van der Waals surface area (Å²) in [6, 6.07) is 5.10. The summed E-state index contributed by atoms with van der Waals surface area (Å²) in [5.41, 5.74) is 0.725. The molecule has 1 saturated heterocycles. The van der Waals surface area contributed by atoms with Gasteiger partial charge in [0.25, 0.3) is 0 Å². The van der Waals surface area contributed by atoms with Crippen molar-refractivity contribution in [3.8, 4) is 0 Å². The Hall–Kier alpha value is -1.80. The largest absolute Gasteiger partial charge is 0.444 e. The fourth-order valence-electron chi connectivity index (χ4n) is 3.64. The summed E-state index contributed by atoms with van der Waals surface area (Å²) in [6.07, 6.45) is 1.42. The van der Waals surface area contributed by atoms with Crippen LogP contribution in [-0.2, 0) is 14.6 Å². The molecular weight excluding hydrogens is 402 g/mol. The molecule has 1 amide bonds. The Morgan fingerprint density at radius 1 is 1.32 bits per heavy atom. The SMILES string of the molecule is C[C@@H]1CN(C(=O)OC(C)(C)C)CC[C@H]1n1c(S(C)(=O)=O)nc2cc(Cl)ccc21. The summed E-state index contributed by atoms with van der Waals surface area (Å²) >= 11 is 6.06. The maximum Gasteiger partial charge on any atom is 0.410 e. The molecule has 0 bridgehead atoms. The molecule has 3 rings (SSSR count). The minimum absolute atomic E-state index is 0.0230. The number of carbonyl (C=O) groups excluding carboxylic acids is 1. The third kappa shape index (κ3) is 4.27. The number of carbonyl (C=O) groups is 1. The van der Waals surface area contributed by atoms with Gasteiger partial charge in [0, 0.05) is 30.4 Å². The lowest BCUT2D eigenvalue weighted by molar-refractivity contribution is 0.0122. The Labute approximate surface area is 170 Å². The lowest BCUT2D eigenvalue weighted by Crippen LogP contribution is -2.45. The Morgan fingerprint density at radius 3 is 2.57 bits per heavy atom. The van der Waals surface area contributed by atoms with E-state index in [4.69, 9.17) is 16.3 Å². The van der Waals surface area contributed by atoms with Crippen LogP contribution in [0.4, 0.5) is 4.79 Å². The summed E-state index contributed by atoms with van der Waals surface area (Å²) in [6.45, 7) is 8.48. The zero-order chi connectivity index (χ0) is 20.9. The summed E-state index contributed by atoms with van der Waals surface area (Å²) in [5.74, 6) is 0.0230. The van der Waals surface area contributed by atoms with Crippen molar-refractivity contribution >= 4 is 38.6 Å². The third-order valence-electron chi connectivity index (χ3n) is 4.79. The van der Waals surface area contributed by atoms with E-state index < -0.39 is 15.4 Å². The van der Waals surface area contributed by atoms with Gasteiger partial charge in [-0.1, -0.05) is 18.5 Å². The van der Waals surface area contributed by atoms with E-state index >= 15 is 0 Å². The van der Waals surface area contributed by atoms with Gasteiger partial charge in [0.2, 0.25) is 15.0 Å². The summed E-state index contributed by atoms with van der Waals surface area (Å²) in [4.78, 5) is 18.4. The number of piperidine rings is 1. The van der Waals surface area contributed by atoms with Crippen molar-refractivity contribution in [1.29, 1.82) is 0 Å². The molecule has 1 fully saturated rings. The number of hydrogen-bond donors (Lipinski definition) is 0. The van der Waals surface area contributed by atoms with E-state index in [2.05, 4.69) is 4.98 Å². The molecule has 0 radical (unpaired) electrons. The minimum atomic E-state index is -3.53. The molecule has 1 aromatic heterocycles. The molecule has 2 atom stereocenters. The van der Waals surface area contributed by atoms with Gasteiger partial charge >= 0.3 is 6.09 Å². The highest BCUT2D eigenvalue weighted by molar-refractivity contribution is 7.90. The van der Waals surface area contributed by atoms with Crippen LogP contribution in [0.15, 0.2) is 23.4 Å². The average Bonchev–Trinajstić information content (AvgIpc) is 2.91. The number of benzene rings is 1. The topological polar surface area (TPSA) is 81.5 Å². The predicted octanol–water partition coefficient (Wildman–Crippen LogP) is 3.91. The van der Waals surface area contributed by atoms with Crippen molar-refractivity contribution in [2.45, 2.75) is 50.9 Å². The van der Waals surface area contributed by atoms with Crippen molar-refractivity contribution in [2.75, 3.05) is 19.3 Å². The minimum Gasteiger partial charge on any atom is -0.444 e. The molecule has 0 aliphatic carbocycles. The molecule has 0 unspecified atom stereocenters. The summed E-state index contributed by atoms with van der Waals surface area (Å²) < 4.78 is 32.0. The molecular formula is C19H26ClN3O4S. The van der Waals surface area contributed by atoms with E-state index in [0.717, 1.165) is 11.8 Å². The fourth-order valence-corrected chi connectivity index (χ4v) is 4.66. The van der Waals surface area contributed by atoms with Gasteiger partial charge < -0.3 is 14.2 Å². The first-order chi connectivity index (χ1) is 12.9. The van der Waals surface area contributed by atoms with E-state index in [9.17, 15) is 13.2 Å². The average molecular weight is 428 g/mol. The number of nitrogens with zero attached hydrogens (tertiary/aromatic N) is 3. The quantitative estimate of drug-likeness (QED) is 0.725. The maximum absolute atomic E-state index is 12.4. The van der Waals surface area contributed by atoms with E-state index in [1.807, 2.05) is 27.7 Å². The second-order valence-electron chi connectivity index (χ2n) is 8.43. The van der Waals surface area contributed by atoms with Gasteiger partial charge in [-0.05, 0) is 51.3 Å². The smallest absolute Gasteiger partial charge is 0.410 e. The molecule has 154 valence electrons. The summed E-state index contributed by atoms with van der Waals surface area (Å²) in [7, 11) is -3.53. The van der Waals surface area contributed by atoms with Crippen molar-refractivity contribution in [3.63, 3.8) is 0 Å². The third-order valence-corrected chi connectivity index (χ3v) is 5.98. The van der Waals surface area contributed by atoms with Gasteiger partial charge in [-0.25, -0.2) is 18.2 Å². The zero-order valence-electron chi connectivity index (χ0n) is 16.8. The number of amides is 1. The van der Waals surface area contributed by atoms with Gasteiger partial charge in [0.15, 0.2) is 0 Å². The Bertz CT molecular complexity index is 1010. The van der Waals surface area contributed by atoms with Gasteiger partial charge in [-0.2, -0.15) is 0 Å². The van der Waals surface area contributed by atoms with Crippen LogP contribution in [-0.4, -0.2) is 53.9 Å². The molecule has 0 N–H and O–H groups in total. The molecule has 1 aromatic carbocycles. The number of fused-ring (bicyclic) bond motifs is 1. The molecule has 9 heteroatoms. The number of imidazole rings is 1. The predicted molar refractivity (Wildman–Crippen MR) is 108 cm³/mol. The summed E-state index contributed by atoms with van der Waals surface area (Å²) in [5, 5.41) is 0.539. The van der Waals surface area contributed by atoms with Crippen LogP contribution < -0.4 is 0 Å². The van der Waals surface area contributed by atoms with E-state index in [-0.39, 0.29) is 23.2 Å². The molecule has 2 aromatic rings. The lowest BCUT2D eigenvalue weighted by atomic mass is 9.93. The van der Waals surface area contributed by atoms with Gasteiger partial charge in [0.1, 0.15) is 5.60 Å². The van der Waals surface area contributed by atoms with E-state index in [0.29, 0.717) is 30.0 Å². The lowest BCUT2D eigenvalue weighted by Gasteiger charge is -2.38. The normalized spacial score (nSPS) is 21.1. The van der Waals surface area contributed by atoms with Crippen LogP contribution in [0.1, 0.15) is 40.2 Å². The Morgan fingerprint density at radius 2 is 2.00 bits per heavy atom. The van der Waals surface area contributed by atoms with Crippen LogP contribution >= 0.6 is 11.6 Å². The number of aromatic nitrogens is 2. The maximum atomic E-state index is 12.4. The van der Waals surface area contributed by atoms with Crippen LogP contribution in [0.5, 0.6) is 0 Å². The number of hydrogen-bond acceptors (Lipinski definition) is 5. The van der Waals surface area contributed by atoms with Crippen molar-refractivity contribution in [1.82, 2.24) is 14.5 Å². The number of likely N-dealkylation sites (tertiary alicyclic amines) is 1. The van der Waals surface area contributed by atoms with Crippen molar-refractivity contribution < 1.29 is 17.9 Å². The molecule has 1 aliphatic rings. The zero-order valence-corrected chi connectivity index (χ0v) is 18.3. The second-order valence-corrected chi connectivity index (χ2v) is 10.8. The van der Waals surface area contributed by atoms with E-state index in [1.165, 1.54) is 0 Å². The first kappa shape index (κ1) is 20.9. The van der Waals surface area contributed by atoms with Crippen LogP contribution in [0.3, 0.4) is 0 Å². The van der Waals surface area contributed by atoms with Crippen LogP contribution in [0, 0.1) is 5.92 Å². The second kappa shape index (κ2) is 7.22. The molecule has 0 saturated carbocycles. The first-order valence-electron chi connectivity index (χ1n) is 9.22. The highest BCUT2D eigenvalue weighted by Gasteiger charge is 2.35. The number of sulfone groups is 1. The Balaban J connectivity index is 1.95. The van der Waals surface area contributed by atoms with Crippen LogP contribution in [0.25, 0.3) is 11.0 Å². The van der Waals surface area contributed by atoms with Gasteiger partial charge in [-0.3, -0.25) is 0 Å². The Kier molecular flexibility index (Phi) is 5.40. The van der Waals surface area contributed by atoms with Crippen molar-refractivity contribution in [3.05, 3.63) is 23.2 Å². The molecule has 2 heterocycles. The van der Waals surface area contributed by atoms with Gasteiger partial charge in [0.05, 0.1) is 11.0 Å². The molecule has 28 heavy (non-hydrogen) atoms. The number of rotatable bonds is 2. The first-order valence-corrected chi connectivity index (χ1v) is 11.5.